The van der Waals surface area contributed by atoms with Crippen molar-refractivity contribution in [1.29, 1.82) is 0 Å². The number of aromatic nitrogens is 1. The number of benzene rings is 1. The molecule has 28 heavy (non-hydrogen) atoms. The zero-order chi connectivity index (χ0) is 19.9. The Kier molecular flexibility index (Phi) is 6.97. The summed E-state index contributed by atoms with van der Waals surface area (Å²) in [5.41, 5.74) is 1.36. The Balaban J connectivity index is 1.85. The average molecular weight is 385 g/mol. The Morgan fingerprint density at radius 2 is 1.89 bits per heavy atom. The van der Waals surface area contributed by atoms with Gasteiger partial charge in [0.2, 0.25) is 11.8 Å². The minimum atomic E-state index is -1.11. The largest absolute Gasteiger partial charge is 0.481 e. The molecule has 1 unspecified atom stereocenters. The van der Waals surface area contributed by atoms with Crippen molar-refractivity contribution in [2.75, 3.05) is 26.8 Å². The van der Waals surface area contributed by atoms with Gasteiger partial charge in [-0.05, 0) is 24.5 Å². The van der Waals surface area contributed by atoms with Gasteiger partial charge < -0.3 is 19.8 Å². The number of carbonyl (C=O) groups is 1. The monoisotopic (exact) mass is 385 g/mol. The number of nitrogens with zero attached hydrogens (tertiary/aromatic N) is 2. The Hall–Kier alpha value is -2.48. The van der Waals surface area contributed by atoms with Crippen LogP contribution in [0.4, 0.5) is 0 Å². The van der Waals surface area contributed by atoms with Crippen molar-refractivity contribution in [3.8, 4) is 5.88 Å². The van der Waals surface area contributed by atoms with Crippen molar-refractivity contribution in [2.45, 2.75) is 31.0 Å². The highest BCUT2D eigenvalue weighted by atomic mass is 16.5. The minimum Gasteiger partial charge on any atom is -0.481 e. The molecule has 2 aromatic rings. The van der Waals surface area contributed by atoms with Crippen molar-refractivity contribution in [2.24, 2.45) is 0 Å². The highest BCUT2D eigenvalue weighted by Gasteiger charge is 2.34. The number of hydrogen-bond acceptors (Lipinski definition) is 6. The van der Waals surface area contributed by atoms with Crippen LogP contribution in [-0.4, -0.2) is 58.9 Å². The first-order chi connectivity index (χ1) is 13.6. The van der Waals surface area contributed by atoms with E-state index in [-0.39, 0.29) is 12.5 Å². The number of methoxy groups -OCH3 is 1. The first-order valence-corrected chi connectivity index (χ1v) is 9.52. The molecule has 3 rings (SSSR count). The highest BCUT2D eigenvalue weighted by Crippen LogP contribution is 2.24. The molecule has 1 aromatic heterocycles. The van der Waals surface area contributed by atoms with E-state index in [0.29, 0.717) is 24.5 Å². The lowest BCUT2D eigenvalue weighted by atomic mass is 9.99. The van der Waals surface area contributed by atoms with Crippen LogP contribution in [0.5, 0.6) is 5.88 Å². The standard InChI is InChI=1S/C21H27N3O4/c1-28-18-10-9-16(13-22-18)20(26)19(21(27)24-11-5-6-12-24)23-17(14-25)15-7-3-2-4-8-15/h2-4,7-10,13,17,19-20,23,25-26H,5-6,11-12,14H2,1H3/t17-,19?,20-/m1/s1. The molecule has 1 amide bonds. The quantitative estimate of drug-likeness (QED) is 0.637. The third kappa shape index (κ3) is 4.67. The fourth-order valence-corrected chi connectivity index (χ4v) is 3.47. The summed E-state index contributed by atoms with van der Waals surface area (Å²) in [7, 11) is 1.52. The zero-order valence-electron chi connectivity index (χ0n) is 16.0. The van der Waals surface area contributed by atoms with Crippen LogP contribution in [0.25, 0.3) is 0 Å². The van der Waals surface area contributed by atoms with Gasteiger partial charge in [-0.15, -0.1) is 0 Å². The Morgan fingerprint density at radius 1 is 1.18 bits per heavy atom. The molecule has 1 aliphatic rings. The van der Waals surface area contributed by atoms with Crippen LogP contribution in [0.3, 0.4) is 0 Å². The number of likely N-dealkylation sites (tertiary alicyclic amines) is 1. The molecular formula is C21H27N3O4. The number of nitrogens with one attached hydrogen (secondary N) is 1. The molecule has 0 radical (unpaired) electrons. The topological polar surface area (TPSA) is 94.9 Å². The number of carbonyl (C=O) groups excluding carboxylic acids is 1. The van der Waals surface area contributed by atoms with E-state index in [0.717, 1.165) is 18.4 Å². The van der Waals surface area contributed by atoms with Crippen molar-refractivity contribution in [1.82, 2.24) is 15.2 Å². The number of hydrogen-bond donors (Lipinski definition) is 3. The molecule has 1 aliphatic heterocycles. The van der Waals surface area contributed by atoms with Crippen molar-refractivity contribution in [3.05, 3.63) is 59.8 Å². The third-order valence-electron chi connectivity index (χ3n) is 5.07. The van der Waals surface area contributed by atoms with Crippen molar-refractivity contribution < 1.29 is 19.7 Å². The third-order valence-corrected chi connectivity index (χ3v) is 5.07. The molecule has 1 aromatic carbocycles. The Morgan fingerprint density at radius 3 is 2.46 bits per heavy atom. The van der Waals surface area contributed by atoms with Crippen LogP contribution in [0.15, 0.2) is 48.7 Å². The molecule has 0 bridgehead atoms. The molecule has 7 nitrogen and oxygen atoms in total. The normalized spacial score (nSPS) is 17.2. The zero-order valence-corrected chi connectivity index (χ0v) is 16.0. The molecule has 1 fully saturated rings. The van der Waals surface area contributed by atoms with Gasteiger partial charge in [0.15, 0.2) is 0 Å². The van der Waals surface area contributed by atoms with Crippen LogP contribution in [0.1, 0.15) is 36.1 Å². The first-order valence-electron chi connectivity index (χ1n) is 9.52. The molecule has 7 heteroatoms. The van der Waals surface area contributed by atoms with E-state index in [1.54, 1.807) is 17.0 Å². The van der Waals surface area contributed by atoms with Gasteiger partial charge in [-0.1, -0.05) is 30.3 Å². The molecule has 0 saturated carbocycles. The lowest BCUT2D eigenvalue weighted by molar-refractivity contribution is -0.135. The molecule has 0 spiro atoms. The van der Waals surface area contributed by atoms with E-state index in [4.69, 9.17) is 4.74 Å². The lowest BCUT2D eigenvalue weighted by Crippen LogP contribution is -2.50. The van der Waals surface area contributed by atoms with Gasteiger partial charge in [0, 0.05) is 30.9 Å². The van der Waals surface area contributed by atoms with E-state index >= 15 is 0 Å². The summed E-state index contributed by atoms with van der Waals surface area (Å²) in [4.78, 5) is 19.0. The smallest absolute Gasteiger partial charge is 0.242 e. The molecule has 2 heterocycles. The second-order valence-electron chi connectivity index (χ2n) is 6.90. The fraction of sp³-hybridized carbons (Fsp3) is 0.429. The van der Waals surface area contributed by atoms with Crippen molar-refractivity contribution in [3.63, 3.8) is 0 Å². The Labute approximate surface area is 165 Å². The van der Waals surface area contributed by atoms with Gasteiger partial charge in [-0.3, -0.25) is 10.1 Å². The first kappa shape index (κ1) is 20.3. The molecular weight excluding hydrogens is 358 g/mol. The van der Waals surface area contributed by atoms with Crippen LogP contribution in [0.2, 0.25) is 0 Å². The van der Waals surface area contributed by atoms with Crippen LogP contribution >= 0.6 is 0 Å². The van der Waals surface area contributed by atoms with Crippen LogP contribution in [-0.2, 0) is 4.79 Å². The van der Waals surface area contributed by atoms with Crippen molar-refractivity contribution >= 4 is 5.91 Å². The summed E-state index contributed by atoms with van der Waals surface area (Å²) in [5.74, 6) is 0.263. The summed E-state index contributed by atoms with van der Waals surface area (Å²) in [6, 6.07) is 11.4. The molecule has 3 atom stereocenters. The molecule has 3 N–H and O–H groups in total. The van der Waals surface area contributed by atoms with Crippen LogP contribution < -0.4 is 10.1 Å². The molecule has 150 valence electrons. The number of pyridine rings is 1. The molecule has 0 aliphatic carbocycles. The minimum absolute atomic E-state index is 0.171. The van der Waals surface area contributed by atoms with E-state index in [1.807, 2.05) is 30.3 Å². The summed E-state index contributed by atoms with van der Waals surface area (Å²) in [6.07, 6.45) is 2.32. The van der Waals surface area contributed by atoms with Gasteiger partial charge in [0.25, 0.3) is 0 Å². The van der Waals surface area contributed by atoms with Gasteiger partial charge >= 0.3 is 0 Å². The summed E-state index contributed by atoms with van der Waals surface area (Å²) >= 11 is 0. The highest BCUT2D eigenvalue weighted by molar-refractivity contribution is 5.83. The van der Waals surface area contributed by atoms with E-state index in [9.17, 15) is 15.0 Å². The second kappa shape index (κ2) is 9.64. The number of aliphatic hydroxyl groups is 2. The average Bonchev–Trinajstić information content (AvgIpc) is 3.29. The van der Waals surface area contributed by atoms with Gasteiger partial charge in [-0.2, -0.15) is 0 Å². The van der Waals surface area contributed by atoms with E-state index < -0.39 is 18.2 Å². The summed E-state index contributed by atoms with van der Waals surface area (Å²) in [6.45, 7) is 1.17. The van der Waals surface area contributed by atoms with E-state index in [1.165, 1.54) is 13.3 Å². The SMILES string of the molecule is COc1ccc([C@@H](O)C(N[C@H](CO)c2ccccc2)C(=O)N2CCCC2)cn1. The predicted octanol–water partition coefficient (Wildman–Crippen LogP) is 1.44. The number of ether oxygens (including phenoxy) is 1. The second-order valence-corrected chi connectivity index (χ2v) is 6.90. The van der Waals surface area contributed by atoms with Gasteiger partial charge in [-0.25, -0.2) is 4.98 Å². The maximum atomic E-state index is 13.1. The van der Waals surface area contributed by atoms with Crippen LogP contribution in [0, 0.1) is 0 Å². The summed E-state index contributed by atoms with van der Waals surface area (Å²) in [5, 5.41) is 24.1. The maximum absolute atomic E-state index is 13.1. The Bertz CT molecular complexity index is 748. The lowest BCUT2D eigenvalue weighted by Gasteiger charge is -2.31. The number of amides is 1. The number of aliphatic hydroxyl groups excluding tert-OH is 2. The van der Waals surface area contributed by atoms with E-state index in [2.05, 4.69) is 10.3 Å². The predicted molar refractivity (Wildman–Crippen MR) is 105 cm³/mol. The maximum Gasteiger partial charge on any atom is 0.242 e. The molecule has 1 saturated heterocycles. The summed E-state index contributed by atoms with van der Waals surface area (Å²) < 4.78 is 5.06. The fourth-order valence-electron chi connectivity index (χ4n) is 3.47. The number of rotatable bonds is 8. The van der Waals surface area contributed by atoms with Gasteiger partial charge in [0.05, 0.1) is 19.8 Å². The van der Waals surface area contributed by atoms with Gasteiger partial charge in [0.1, 0.15) is 12.1 Å².